The lowest BCUT2D eigenvalue weighted by Crippen LogP contribution is -2.14. The first kappa shape index (κ1) is 18.5. The van der Waals surface area contributed by atoms with Gasteiger partial charge in [-0.15, -0.1) is 0 Å². The van der Waals surface area contributed by atoms with Crippen molar-refractivity contribution in [2.24, 2.45) is 0 Å². The number of rotatable bonds is 8. The lowest BCUT2D eigenvalue weighted by atomic mass is 10.2. The lowest BCUT2D eigenvalue weighted by Gasteiger charge is -2.08. The van der Waals surface area contributed by atoms with E-state index in [1.54, 1.807) is 13.8 Å². The van der Waals surface area contributed by atoms with Crippen LogP contribution in [0, 0.1) is 0 Å². The smallest absolute Gasteiger partial charge is 0.342 e. The van der Waals surface area contributed by atoms with Crippen molar-refractivity contribution in [3.8, 4) is 0 Å². The summed E-state index contributed by atoms with van der Waals surface area (Å²) in [7, 11) is 0. The fraction of sp³-hybridized carbons (Fsp3) is 0.333. The van der Waals surface area contributed by atoms with E-state index in [0.29, 0.717) is 6.61 Å². The van der Waals surface area contributed by atoms with Crippen LogP contribution < -0.4 is 5.73 Å². The van der Waals surface area contributed by atoms with Crippen molar-refractivity contribution in [2.75, 3.05) is 18.9 Å². The van der Waals surface area contributed by atoms with E-state index in [1.807, 2.05) is 30.3 Å². The van der Waals surface area contributed by atoms with Crippen LogP contribution >= 0.6 is 0 Å². The Balaban J connectivity index is 2.18. The van der Waals surface area contributed by atoms with Crippen molar-refractivity contribution >= 4 is 17.8 Å². The second-order valence-electron chi connectivity index (χ2n) is 5.18. The minimum Gasteiger partial charge on any atom is -0.462 e. The Kier molecular flexibility index (Phi) is 6.59. The van der Waals surface area contributed by atoms with Crippen molar-refractivity contribution < 1.29 is 23.8 Å². The number of hydrogen-bond acceptors (Lipinski definition) is 6. The molecule has 0 radical (unpaired) electrons. The zero-order valence-corrected chi connectivity index (χ0v) is 14.4. The molecule has 1 aromatic carbocycles. The monoisotopic (exact) mass is 346 g/mol. The van der Waals surface area contributed by atoms with Gasteiger partial charge in [0.25, 0.3) is 0 Å². The van der Waals surface area contributed by atoms with Gasteiger partial charge in [-0.3, -0.25) is 0 Å². The third-order valence-electron chi connectivity index (χ3n) is 3.44. The summed E-state index contributed by atoms with van der Waals surface area (Å²) in [4.78, 5) is 24.2. The zero-order valence-electron chi connectivity index (χ0n) is 14.4. The van der Waals surface area contributed by atoms with Gasteiger partial charge in [0.1, 0.15) is 18.1 Å². The molecule has 0 aliphatic rings. The van der Waals surface area contributed by atoms with Crippen molar-refractivity contribution in [3.63, 3.8) is 0 Å². The van der Waals surface area contributed by atoms with Crippen molar-refractivity contribution in [1.29, 1.82) is 0 Å². The molecule has 25 heavy (non-hydrogen) atoms. The maximum Gasteiger partial charge on any atom is 0.342 e. The number of nitrogens with zero attached hydrogens (tertiary/aromatic N) is 1. The molecule has 1 aromatic heterocycles. The zero-order chi connectivity index (χ0) is 18.2. The molecule has 1 heterocycles. The summed E-state index contributed by atoms with van der Waals surface area (Å²) in [6.45, 7) is 4.20. The van der Waals surface area contributed by atoms with E-state index < -0.39 is 11.9 Å². The average molecular weight is 346 g/mol. The number of carbonyl (C=O) groups excluding carboxylic acids is 2. The number of carbonyl (C=O) groups is 2. The molecule has 0 aliphatic carbocycles. The highest BCUT2D eigenvalue weighted by atomic mass is 16.5. The number of nitrogen functional groups attached to an aromatic ring is 1. The van der Waals surface area contributed by atoms with E-state index in [0.717, 1.165) is 5.56 Å². The minimum absolute atomic E-state index is 0.00334. The first-order valence-corrected chi connectivity index (χ1v) is 8.03. The van der Waals surface area contributed by atoms with Crippen molar-refractivity contribution in [1.82, 2.24) is 4.57 Å². The van der Waals surface area contributed by atoms with Gasteiger partial charge in [0.05, 0.1) is 25.4 Å². The minimum atomic E-state index is -0.662. The highest BCUT2D eigenvalue weighted by Crippen LogP contribution is 2.23. The van der Waals surface area contributed by atoms with Crippen LogP contribution in [0.1, 0.15) is 40.1 Å². The Morgan fingerprint density at radius 2 is 1.68 bits per heavy atom. The van der Waals surface area contributed by atoms with E-state index >= 15 is 0 Å². The average Bonchev–Trinajstić information content (AvgIpc) is 2.93. The molecule has 2 rings (SSSR count). The molecule has 7 heteroatoms. The topological polar surface area (TPSA) is 92.8 Å². The Labute approximate surface area is 146 Å². The molecule has 2 aromatic rings. The van der Waals surface area contributed by atoms with Crippen molar-refractivity contribution in [3.05, 3.63) is 53.2 Å². The summed E-state index contributed by atoms with van der Waals surface area (Å²) in [5.74, 6) is -1.18. The van der Waals surface area contributed by atoms with Crippen LogP contribution in [-0.4, -0.2) is 29.7 Å². The number of aromatic nitrogens is 1. The Morgan fingerprint density at radius 1 is 1.04 bits per heavy atom. The highest BCUT2D eigenvalue weighted by Gasteiger charge is 2.26. The third-order valence-corrected chi connectivity index (χ3v) is 3.44. The quantitative estimate of drug-likeness (QED) is 0.739. The summed E-state index contributed by atoms with van der Waals surface area (Å²) < 4.78 is 17.1. The number of esters is 2. The van der Waals surface area contributed by atoms with Gasteiger partial charge in [-0.05, 0) is 19.4 Å². The van der Waals surface area contributed by atoms with Gasteiger partial charge in [-0.25, -0.2) is 9.59 Å². The maximum atomic E-state index is 12.1. The SMILES string of the molecule is CCOC(=O)c1cn(COCc2ccccc2)c(N)c1C(=O)OCC. The van der Waals surface area contributed by atoms with Crippen LogP contribution in [-0.2, 0) is 27.5 Å². The molecule has 0 saturated heterocycles. The van der Waals surface area contributed by atoms with Crippen LogP contribution in [0.5, 0.6) is 0 Å². The van der Waals surface area contributed by atoms with Gasteiger partial charge < -0.3 is 24.5 Å². The van der Waals surface area contributed by atoms with E-state index in [4.69, 9.17) is 19.9 Å². The first-order chi connectivity index (χ1) is 12.1. The van der Waals surface area contributed by atoms with Gasteiger partial charge in [0, 0.05) is 6.20 Å². The summed E-state index contributed by atoms with van der Waals surface area (Å²) >= 11 is 0. The van der Waals surface area contributed by atoms with Crippen LogP contribution in [0.25, 0.3) is 0 Å². The molecule has 0 spiro atoms. The predicted molar refractivity (Wildman–Crippen MR) is 92.0 cm³/mol. The summed E-state index contributed by atoms with van der Waals surface area (Å²) in [6, 6.07) is 9.63. The predicted octanol–water partition coefficient (Wildman–Crippen LogP) is 2.60. The molecule has 0 fully saturated rings. The molecule has 0 amide bonds. The van der Waals surface area contributed by atoms with Gasteiger partial charge >= 0.3 is 11.9 Å². The fourth-order valence-electron chi connectivity index (χ4n) is 2.30. The second-order valence-corrected chi connectivity index (χ2v) is 5.18. The summed E-state index contributed by atoms with van der Waals surface area (Å²) in [5, 5.41) is 0. The van der Waals surface area contributed by atoms with Crippen LogP contribution in [0.2, 0.25) is 0 Å². The lowest BCUT2D eigenvalue weighted by molar-refractivity contribution is 0.0481. The molecule has 7 nitrogen and oxygen atoms in total. The molecule has 134 valence electrons. The molecule has 2 N–H and O–H groups in total. The number of hydrogen-bond donors (Lipinski definition) is 1. The maximum absolute atomic E-state index is 12.1. The second kappa shape index (κ2) is 8.89. The van der Waals surface area contributed by atoms with Gasteiger partial charge in [0.2, 0.25) is 0 Å². The standard InChI is InChI=1S/C18H22N2O5/c1-3-24-17(21)14-10-20(16(19)15(14)18(22)25-4-2)12-23-11-13-8-6-5-7-9-13/h5-10H,3-4,11-12,19H2,1-2H3. The largest absolute Gasteiger partial charge is 0.462 e. The summed E-state index contributed by atoms with van der Waals surface area (Å²) in [6.07, 6.45) is 1.45. The molecule has 0 bridgehead atoms. The van der Waals surface area contributed by atoms with Crippen LogP contribution in [0.3, 0.4) is 0 Å². The molecule has 0 atom stereocenters. The normalized spacial score (nSPS) is 10.5. The molecular formula is C18H22N2O5. The van der Waals surface area contributed by atoms with Gasteiger partial charge in [0.15, 0.2) is 0 Å². The number of nitrogens with two attached hydrogens (primary N) is 1. The Bertz CT molecular complexity index is 725. The Hall–Kier alpha value is -2.80. The molecule has 0 unspecified atom stereocenters. The van der Waals surface area contributed by atoms with E-state index in [-0.39, 0.29) is 36.9 Å². The van der Waals surface area contributed by atoms with Crippen LogP contribution in [0.4, 0.5) is 5.82 Å². The molecular weight excluding hydrogens is 324 g/mol. The number of ether oxygens (including phenoxy) is 3. The number of benzene rings is 1. The third kappa shape index (κ3) is 4.60. The highest BCUT2D eigenvalue weighted by molar-refractivity contribution is 6.06. The van der Waals surface area contributed by atoms with E-state index in [9.17, 15) is 9.59 Å². The van der Waals surface area contributed by atoms with E-state index in [2.05, 4.69) is 0 Å². The van der Waals surface area contributed by atoms with Crippen molar-refractivity contribution in [2.45, 2.75) is 27.2 Å². The Morgan fingerprint density at radius 3 is 2.32 bits per heavy atom. The number of anilines is 1. The summed E-state index contributed by atoms with van der Waals surface area (Å²) in [5.41, 5.74) is 7.10. The first-order valence-electron chi connectivity index (χ1n) is 8.03. The molecule has 0 saturated carbocycles. The van der Waals surface area contributed by atoms with Gasteiger partial charge in [-0.1, -0.05) is 30.3 Å². The van der Waals surface area contributed by atoms with Crippen LogP contribution in [0.15, 0.2) is 36.5 Å². The molecule has 0 aliphatic heterocycles. The fourth-order valence-corrected chi connectivity index (χ4v) is 2.30. The van der Waals surface area contributed by atoms with Gasteiger partial charge in [-0.2, -0.15) is 0 Å². The van der Waals surface area contributed by atoms with E-state index in [1.165, 1.54) is 10.8 Å².